The zero-order valence-corrected chi connectivity index (χ0v) is 15.4. The molecule has 1 aromatic heterocycles. The monoisotopic (exact) mass is 419 g/mol. The van der Waals surface area contributed by atoms with E-state index in [1.54, 1.807) is 24.3 Å². The highest BCUT2D eigenvalue weighted by molar-refractivity contribution is 7.92. The van der Waals surface area contributed by atoms with Crippen LogP contribution in [0, 0.1) is 11.3 Å². The molecule has 3 rings (SSSR count). The van der Waals surface area contributed by atoms with Gasteiger partial charge in [0.1, 0.15) is 0 Å². The molecule has 0 unspecified atom stereocenters. The number of halogens is 3. The summed E-state index contributed by atoms with van der Waals surface area (Å²) in [5, 5.41) is 8.83. The molecule has 0 radical (unpaired) electrons. The van der Waals surface area contributed by atoms with Crippen LogP contribution in [0.25, 0.3) is 11.1 Å². The quantitative estimate of drug-likeness (QED) is 0.577. The first-order chi connectivity index (χ1) is 13.7. The van der Waals surface area contributed by atoms with Crippen LogP contribution in [0.15, 0.2) is 77.8 Å². The number of nitrogens with zero attached hydrogens (tertiary/aromatic N) is 3. The smallest absolute Gasteiger partial charge is 0.235 e. The first kappa shape index (κ1) is 20.3. The molecule has 0 amide bonds. The van der Waals surface area contributed by atoms with Crippen LogP contribution in [0.1, 0.15) is 5.56 Å². The van der Waals surface area contributed by atoms with Crippen molar-refractivity contribution in [2.24, 2.45) is 0 Å². The van der Waals surface area contributed by atoms with E-state index in [4.69, 9.17) is 5.26 Å². The summed E-state index contributed by atoms with van der Waals surface area (Å²) in [6.45, 7) is 0. The van der Waals surface area contributed by atoms with Crippen molar-refractivity contribution in [3.05, 3.63) is 78.5 Å². The largest absolute Gasteiger partial charge is 0.545 e. The molecule has 0 N–H and O–H groups in total. The van der Waals surface area contributed by atoms with Crippen LogP contribution < -0.4 is 4.47 Å². The van der Waals surface area contributed by atoms with E-state index in [2.05, 4.69) is 9.82 Å². The normalized spacial score (nSPS) is 11.7. The number of anilines is 1. The summed E-state index contributed by atoms with van der Waals surface area (Å²) in [5.74, 6) is -0.566. The fraction of sp³-hybridized carbons (Fsp3) is 0.0526. The number of hydrogen-bond donors (Lipinski definition) is 0. The standard InChI is InChI=1S/C19H12F3N3O3S/c20-19(21,22)28-25(29(26,27)17-4-2-1-3-5-17)18-11-10-16(13-24-18)15-8-6-14(12-23)7-9-15/h1-11,13H. The third-order valence-electron chi connectivity index (χ3n) is 3.73. The molecule has 0 fully saturated rings. The Bertz CT molecular complexity index is 1130. The lowest BCUT2D eigenvalue weighted by molar-refractivity contribution is -0.322. The highest BCUT2D eigenvalue weighted by atomic mass is 32.2. The second-order valence-electron chi connectivity index (χ2n) is 5.68. The highest BCUT2D eigenvalue weighted by Gasteiger charge is 2.40. The minimum atomic E-state index is -5.25. The molecule has 29 heavy (non-hydrogen) atoms. The van der Waals surface area contributed by atoms with Crippen LogP contribution in [-0.4, -0.2) is 19.8 Å². The summed E-state index contributed by atoms with van der Waals surface area (Å²) in [5.41, 5.74) is 1.61. The first-order valence-electron chi connectivity index (χ1n) is 8.03. The number of alkyl halides is 3. The van der Waals surface area contributed by atoms with Crippen molar-refractivity contribution in [2.75, 3.05) is 4.47 Å². The van der Waals surface area contributed by atoms with Gasteiger partial charge in [-0.05, 0) is 42.0 Å². The molecule has 1 heterocycles. The van der Waals surface area contributed by atoms with E-state index in [0.29, 0.717) is 16.7 Å². The number of aromatic nitrogens is 1. The molecular weight excluding hydrogens is 407 g/mol. The van der Waals surface area contributed by atoms with Crippen LogP contribution in [0.5, 0.6) is 0 Å². The molecule has 148 valence electrons. The SMILES string of the molecule is N#Cc1ccc(-c2ccc(N(OC(F)(F)F)S(=O)(=O)c3ccccc3)nc2)cc1. The lowest BCUT2D eigenvalue weighted by Gasteiger charge is -2.23. The average Bonchev–Trinajstić information content (AvgIpc) is 2.72. The Morgan fingerprint density at radius 2 is 1.55 bits per heavy atom. The Labute approximate surface area is 164 Å². The molecule has 0 saturated carbocycles. The van der Waals surface area contributed by atoms with Crippen LogP contribution in [0.3, 0.4) is 0 Å². The van der Waals surface area contributed by atoms with Gasteiger partial charge in [0.15, 0.2) is 5.82 Å². The molecule has 3 aromatic rings. The third-order valence-corrected chi connectivity index (χ3v) is 5.29. The molecule has 0 aliphatic rings. The topological polar surface area (TPSA) is 83.3 Å². The van der Waals surface area contributed by atoms with E-state index >= 15 is 0 Å². The van der Waals surface area contributed by atoms with Crippen molar-refractivity contribution >= 4 is 15.8 Å². The second-order valence-corrected chi connectivity index (χ2v) is 7.43. The van der Waals surface area contributed by atoms with Crippen LogP contribution in [0.4, 0.5) is 19.0 Å². The molecule has 0 saturated heterocycles. The maximum absolute atomic E-state index is 12.9. The van der Waals surface area contributed by atoms with Crippen molar-refractivity contribution in [1.29, 1.82) is 5.26 Å². The molecule has 2 aromatic carbocycles. The Hall–Kier alpha value is -3.42. The lowest BCUT2D eigenvalue weighted by Crippen LogP contribution is -2.37. The fourth-order valence-electron chi connectivity index (χ4n) is 2.40. The van der Waals surface area contributed by atoms with Crippen LogP contribution in [-0.2, 0) is 14.9 Å². The first-order valence-corrected chi connectivity index (χ1v) is 9.47. The van der Waals surface area contributed by atoms with Gasteiger partial charge in [-0.3, -0.25) is 0 Å². The van der Waals surface area contributed by atoms with Gasteiger partial charge in [-0.25, -0.2) is 4.98 Å². The number of nitriles is 1. The number of hydrogen-bond acceptors (Lipinski definition) is 5. The molecule has 0 atom stereocenters. The van der Waals surface area contributed by atoms with Crippen molar-refractivity contribution in [2.45, 2.75) is 11.3 Å². The van der Waals surface area contributed by atoms with Gasteiger partial charge in [-0.1, -0.05) is 30.3 Å². The van der Waals surface area contributed by atoms with Gasteiger partial charge in [-0.15, -0.1) is 17.6 Å². The summed E-state index contributed by atoms with van der Waals surface area (Å²) >= 11 is 0. The summed E-state index contributed by atoms with van der Waals surface area (Å²) < 4.78 is 63.7. The molecular formula is C19H12F3N3O3S. The average molecular weight is 419 g/mol. The van der Waals surface area contributed by atoms with E-state index in [9.17, 15) is 21.6 Å². The minimum absolute atomic E-state index is 0.259. The molecule has 6 nitrogen and oxygen atoms in total. The molecule has 0 aliphatic heterocycles. The van der Waals surface area contributed by atoms with Gasteiger partial charge in [0.2, 0.25) is 0 Å². The highest BCUT2D eigenvalue weighted by Crippen LogP contribution is 2.30. The van der Waals surface area contributed by atoms with Crippen molar-refractivity contribution in [3.8, 4) is 17.2 Å². The van der Waals surface area contributed by atoms with E-state index in [-0.39, 0.29) is 9.36 Å². The summed E-state index contributed by atoms with van der Waals surface area (Å²) in [4.78, 5) is 7.21. The molecule has 0 aliphatic carbocycles. The summed E-state index contributed by atoms with van der Waals surface area (Å²) in [6, 6.07) is 17.5. The number of benzene rings is 2. The zero-order valence-electron chi connectivity index (χ0n) is 14.5. The van der Waals surface area contributed by atoms with Crippen molar-refractivity contribution in [3.63, 3.8) is 0 Å². The van der Waals surface area contributed by atoms with Crippen LogP contribution >= 0.6 is 0 Å². The zero-order chi connectivity index (χ0) is 21.1. The predicted octanol–water partition coefficient (Wildman–Crippen LogP) is 4.27. The summed E-state index contributed by atoms with van der Waals surface area (Å²) in [6.07, 6.45) is -4.04. The maximum atomic E-state index is 12.9. The number of sulfonamides is 1. The second kappa shape index (κ2) is 7.90. The third kappa shape index (κ3) is 4.71. The van der Waals surface area contributed by atoms with Gasteiger partial charge in [0.25, 0.3) is 10.0 Å². The van der Waals surface area contributed by atoms with Gasteiger partial charge in [0, 0.05) is 11.8 Å². The molecule has 0 spiro atoms. The van der Waals surface area contributed by atoms with Gasteiger partial charge in [0.05, 0.1) is 16.5 Å². The molecule has 0 bridgehead atoms. The van der Waals surface area contributed by atoms with Crippen LogP contribution in [0.2, 0.25) is 0 Å². The Kier molecular flexibility index (Phi) is 5.54. The number of rotatable bonds is 5. The lowest BCUT2D eigenvalue weighted by atomic mass is 10.1. The van der Waals surface area contributed by atoms with E-state index in [0.717, 1.165) is 18.2 Å². The van der Waals surface area contributed by atoms with E-state index < -0.39 is 22.2 Å². The Balaban J connectivity index is 1.99. The van der Waals surface area contributed by atoms with Gasteiger partial charge < -0.3 is 0 Å². The van der Waals surface area contributed by atoms with Gasteiger partial charge in [-0.2, -0.15) is 18.5 Å². The van der Waals surface area contributed by atoms with E-state index in [1.165, 1.54) is 30.5 Å². The molecule has 10 heteroatoms. The Morgan fingerprint density at radius 1 is 0.931 bits per heavy atom. The van der Waals surface area contributed by atoms with Crippen molar-refractivity contribution in [1.82, 2.24) is 4.98 Å². The minimum Gasteiger partial charge on any atom is -0.235 e. The number of pyridine rings is 1. The van der Waals surface area contributed by atoms with E-state index in [1.807, 2.05) is 6.07 Å². The fourth-order valence-corrected chi connectivity index (χ4v) is 3.63. The Morgan fingerprint density at radius 3 is 2.07 bits per heavy atom. The predicted molar refractivity (Wildman–Crippen MR) is 97.6 cm³/mol. The van der Waals surface area contributed by atoms with Gasteiger partial charge >= 0.3 is 6.36 Å². The maximum Gasteiger partial charge on any atom is 0.545 e. The van der Waals surface area contributed by atoms with Crippen molar-refractivity contribution < 1.29 is 26.4 Å². The summed E-state index contributed by atoms with van der Waals surface area (Å²) in [7, 11) is -4.68.